The molecule has 2 atom stereocenters. The molecule has 4 rings (SSSR count). The first kappa shape index (κ1) is 17.0. The van der Waals surface area contributed by atoms with Gasteiger partial charge in [0.2, 0.25) is 0 Å². The second-order valence-electron chi connectivity index (χ2n) is 6.27. The van der Waals surface area contributed by atoms with Crippen LogP contribution in [0.3, 0.4) is 0 Å². The van der Waals surface area contributed by atoms with Crippen LogP contribution in [0.25, 0.3) is 0 Å². The van der Waals surface area contributed by atoms with Crippen LogP contribution in [0.2, 0.25) is 0 Å². The molecule has 6 nitrogen and oxygen atoms in total. The fourth-order valence-electron chi connectivity index (χ4n) is 3.23. The van der Waals surface area contributed by atoms with Gasteiger partial charge in [0.05, 0.1) is 11.3 Å². The molecule has 8 heteroatoms. The number of rotatable bonds is 5. The summed E-state index contributed by atoms with van der Waals surface area (Å²) in [5, 5.41) is 5.93. The summed E-state index contributed by atoms with van der Waals surface area (Å²) >= 11 is 1.12. The Labute approximate surface area is 155 Å². The molecule has 0 spiro atoms. The number of hydrogen-bond donors (Lipinski definition) is 2. The van der Waals surface area contributed by atoms with E-state index in [0.29, 0.717) is 11.8 Å². The molecular weight excluding hydrogens is 370 g/mol. The largest absolute Gasteiger partial charge is 0.278 e. The van der Waals surface area contributed by atoms with E-state index in [1.807, 2.05) is 0 Å². The molecule has 1 aromatic carbocycles. The van der Waals surface area contributed by atoms with Gasteiger partial charge in [-0.2, -0.15) is 5.10 Å². The number of carbonyl (C=O) groups excluding carboxylic acids is 1. The van der Waals surface area contributed by atoms with Gasteiger partial charge in [0.15, 0.2) is 0 Å². The zero-order chi connectivity index (χ0) is 18.1. The molecule has 2 aliphatic carbocycles. The molecule has 1 aromatic heterocycles. The second-order valence-corrected chi connectivity index (χ2v) is 9.12. The van der Waals surface area contributed by atoms with Crippen LogP contribution >= 0.6 is 11.3 Å². The lowest BCUT2D eigenvalue weighted by Gasteiger charge is -2.31. The van der Waals surface area contributed by atoms with Crippen LogP contribution in [0, 0.1) is 11.8 Å². The molecule has 2 N–H and O–H groups in total. The van der Waals surface area contributed by atoms with Crippen LogP contribution in [-0.2, 0) is 10.0 Å². The van der Waals surface area contributed by atoms with Crippen molar-refractivity contribution in [1.82, 2.24) is 5.43 Å². The molecule has 1 heterocycles. The van der Waals surface area contributed by atoms with Crippen molar-refractivity contribution in [3.63, 3.8) is 0 Å². The van der Waals surface area contributed by atoms with Gasteiger partial charge in [-0.25, -0.2) is 13.8 Å². The zero-order valence-corrected chi connectivity index (χ0v) is 15.4. The summed E-state index contributed by atoms with van der Waals surface area (Å²) in [6.07, 6.45) is 6.18. The highest BCUT2D eigenvalue weighted by Crippen LogP contribution is 2.40. The number of anilines is 1. The third-order valence-corrected chi connectivity index (χ3v) is 7.40. The molecule has 0 saturated heterocycles. The number of nitrogens with one attached hydrogen (secondary N) is 2. The summed E-state index contributed by atoms with van der Waals surface area (Å²) in [6, 6.07) is 9.68. The van der Waals surface area contributed by atoms with Crippen LogP contribution in [-0.4, -0.2) is 20.0 Å². The smallest absolute Gasteiger partial charge is 0.273 e. The Balaban J connectivity index is 1.50. The van der Waals surface area contributed by atoms with Crippen LogP contribution in [0.5, 0.6) is 0 Å². The van der Waals surface area contributed by atoms with E-state index in [1.165, 1.54) is 6.07 Å². The number of allylic oxidation sites excluding steroid dienone is 2. The molecule has 1 fully saturated rings. The number of hydrogen-bond acceptors (Lipinski definition) is 5. The van der Waals surface area contributed by atoms with Crippen molar-refractivity contribution in [2.45, 2.75) is 17.1 Å². The van der Waals surface area contributed by atoms with Crippen LogP contribution < -0.4 is 10.1 Å². The van der Waals surface area contributed by atoms with Gasteiger partial charge in [0, 0.05) is 11.6 Å². The van der Waals surface area contributed by atoms with E-state index in [0.717, 1.165) is 29.9 Å². The van der Waals surface area contributed by atoms with E-state index in [4.69, 9.17) is 0 Å². The Kier molecular flexibility index (Phi) is 4.37. The molecule has 26 heavy (non-hydrogen) atoms. The summed E-state index contributed by atoms with van der Waals surface area (Å²) in [6.45, 7) is 0. The minimum atomic E-state index is -3.72. The molecule has 0 unspecified atom stereocenters. The molecule has 1 amide bonds. The molecular formula is C18H17N3O3S2. The number of para-hydroxylation sites is 1. The maximum atomic E-state index is 12.5. The van der Waals surface area contributed by atoms with Crippen LogP contribution in [0.4, 0.5) is 5.69 Å². The molecule has 0 radical (unpaired) electrons. The van der Waals surface area contributed by atoms with Crippen LogP contribution in [0.15, 0.2) is 63.2 Å². The fraction of sp³-hybridized carbons (Fsp3) is 0.222. The van der Waals surface area contributed by atoms with Gasteiger partial charge >= 0.3 is 0 Å². The van der Waals surface area contributed by atoms with Gasteiger partial charge in [-0.1, -0.05) is 30.4 Å². The third kappa shape index (κ3) is 3.17. The van der Waals surface area contributed by atoms with E-state index >= 15 is 0 Å². The van der Waals surface area contributed by atoms with Gasteiger partial charge in [0.25, 0.3) is 15.9 Å². The third-order valence-electron chi connectivity index (χ3n) is 4.64. The Morgan fingerprint density at radius 1 is 1.19 bits per heavy atom. The maximum absolute atomic E-state index is 12.5. The number of fused-ring (bicyclic) bond motifs is 1. The summed E-state index contributed by atoms with van der Waals surface area (Å²) < 4.78 is 27.5. The first-order valence-electron chi connectivity index (χ1n) is 8.23. The van der Waals surface area contributed by atoms with E-state index in [-0.39, 0.29) is 15.5 Å². The van der Waals surface area contributed by atoms with Gasteiger partial charge in [-0.05, 0) is 42.3 Å². The normalized spacial score (nSPS) is 22.7. The van der Waals surface area contributed by atoms with Gasteiger partial charge in [-0.3, -0.25) is 9.52 Å². The summed E-state index contributed by atoms with van der Waals surface area (Å²) in [5.41, 5.74) is 4.02. The van der Waals surface area contributed by atoms with Crippen molar-refractivity contribution in [3.8, 4) is 0 Å². The monoisotopic (exact) mass is 387 g/mol. The van der Waals surface area contributed by atoms with Gasteiger partial charge in [-0.15, -0.1) is 11.3 Å². The second kappa shape index (κ2) is 6.69. The van der Waals surface area contributed by atoms with Crippen LogP contribution in [0.1, 0.15) is 23.2 Å². The van der Waals surface area contributed by atoms with Crippen molar-refractivity contribution in [3.05, 3.63) is 59.5 Å². The first-order valence-corrected chi connectivity index (χ1v) is 10.6. The van der Waals surface area contributed by atoms with E-state index < -0.39 is 15.9 Å². The number of amides is 1. The predicted molar refractivity (Wildman–Crippen MR) is 102 cm³/mol. The van der Waals surface area contributed by atoms with Gasteiger partial charge < -0.3 is 0 Å². The van der Waals surface area contributed by atoms with Crippen molar-refractivity contribution < 1.29 is 13.2 Å². The first-order chi connectivity index (χ1) is 12.5. The minimum Gasteiger partial charge on any atom is -0.278 e. The van der Waals surface area contributed by atoms with Crippen molar-refractivity contribution in [1.29, 1.82) is 0 Å². The molecule has 1 saturated carbocycles. The Morgan fingerprint density at radius 2 is 2.04 bits per heavy atom. The average Bonchev–Trinajstić information content (AvgIpc) is 3.26. The lowest BCUT2D eigenvalue weighted by Crippen LogP contribution is -2.35. The fourth-order valence-corrected chi connectivity index (χ4v) is 5.30. The number of hydrazone groups is 1. The predicted octanol–water partition coefficient (Wildman–Crippen LogP) is 3.23. The maximum Gasteiger partial charge on any atom is 0.273 e. The standard InChI is InChI=1S/C18H17N3O3S2/c22-18(20-19-16-11-12-5-3-7-13(12)16)14-6-1-2-8-15(14)21-26(23,24)17-9-4-10-25-17/h1-6,8-10,12-13,21H,7,11H2,(H,20,22)/b19-16-/t12-,13+/m1/s1. The zero-order valence-electron chi connectivity index (χ0n) is 13.8. The lowest BCUT2D eigenvalue weighted by atomic mass is 9.74. The molecule has 0 aliphatic heterocycles. The number of sulfonamides is 1. The van der Waals surface area contributed by atoms with Crippen molar-refractivity contribution >= 4 is 38.7 Å². The van der Waals surface area contributed by atoms with Gasteiger partial charge in [0.1, 0.15) is 4.21 Å². The number of thiophene rings is 1. The average molecular weight is 387 g/mol. The number of carbonyl (C=O) groups is 1. The molecule has 134 valence electrons. The summed E-state index contributed by atoms with van der Waals surface area (Å²) in [4.78, 5) is 12.5. The number of nitrogens with zero attached hydrogens (tertiary/aromatic N) is 1. The lowest BCUT2D eigenvalue weighted by molar-refractivity contribution is 0.0955. The van der Waals surface area contributed by atoms with E-state index in [1.54, 1.807) is 35.7 Å². The minimum absolute atomic E-state index is 0.196. The summed E-state index contributed by atoms with van der Waals surface area (Å²) in [7, 11) is -3.72. The van der Waals surface area contributed by atoms with E-state index in [9.17, 15) is 13.2 Å². The molecule has 0 bridgehead atoms. The summed E-state index contributed by atoms with van der Waals surface area (Å²) in [5.74, 6) is 0.523. The van der Waals surface area contributed by atoms with E-state index in [2.05, 4.69) is 27.4 Å². The highest BCUT2D eigenvalue weighted by atomic mass is 32.2. The Bertz CT molecular complexity index is 994. The topological polar surface area (TPSA) is 87.6 Å². The SMILES string of the molecule is O=C(N/N=C1/C[C@H]2C=CC[C@H]12)c1ccccc1NS(=O)(=O)c1cccs1. The Hall–Kier alpha value is -2.45. The molecule has 2 aliphatic rings. The highest BCUT2D eigenvalue weighted by Gasteiger charge is 2.38. The quantitative estimate of drug-likeness (QED) is 0.610. The highest BCUT2D eigenvalue weighted by molar-refractivity contribution is 7.94. The van der Waals surface area contributed by atoms with Crippen molar-refractivity contribution in [2.24, 2.45) is 16.9 Å². The van der Waals surface area contributed by atoms with Crippen molar-refractivity contribution in [2.75, 3.05) is 4.72 Å². The molecule has 2 aromatic rings. The Morgan fingerprint density at radius 3 is 2.81 bits per heavy atom. The number of benzene rings is 1.